The van der Waals surface area contributed by atoms with Crippen molar-refractivity contribution < 1.29 is 9.53 Å². The molecule has 6 heteroatoms. The Kier molecular flexibility index (Phi) is 5.82. The molecule has 1 aromatic heterocycles. The molecule has 0 aliphatic carbocycles. The van der Waals surface area contributed by atoms with Crippen molar-refractivity contribution in [1.82, 2.24) is 9.97 Å². The molecule has 0 spiro atoms. The molecule has 0 aliphatic heterocycles. The smallest absolute Gasteiger partial charge is 0.274 e. The van der Waals surface area contributed by atoms with Gasteiger partial charge in [-0.1, -0.05) is 32.9 Å². The van der Waals surface area contributed by atoms with Gasteiger partial charge in [-0.05, 0) is 54.3 Å². The summed E-state index contributed by atoms with van der Waals surface area (Å²) in [6, 6.07) is 17.0. The second kappa shape index (κ2) is 8.31. The van der Waals surface area contributed by atoms with Crippen LogP contribution in [0.5, 0.6) is 5.75 Å². The molecular formula is C23H26N4O2. The van der Waals surface area contributed by atoms with Crippen LogP contribution >= 0.6 is 0 Å². The highest BCUT2D eigenvalue weighted by atomic mass is 16.5. The Morgan fingerprint density at radius 3 is 2.14 bits per heavy atom. The quantitative estimate of drug-likeness (QED) is 0.635. The molecule has 3 aromatic rings. The molecule has 0 fully saturated rings. The fourth-order valence-electron chi connectivity index (χ4n) is 2.82. The monoisotopic (exact) mass is 390 g/mol. The van der Waals surface area contributed by atoms with E-state index >= 15 is 0 Å². The van der Waals surface area contributed by atoms with Crippen molar-refractivity contribution in [3.63, 3.8) is 0 Å². The number of rotatable bonds is 5. The summed E-state index contributed by atoms with van der Waals surface area (Å²) >= 11 is 0. The molecule has 0 aliphatic rings. The van der Waals surface area contributed by atoms with E-state index in [1.54, 1.807) is 44.4 Å². The van der Waals surface area contributed by atoms with Crippen LogP contribution in [0.3, 0.4) is 0 Å². The molecule has 6 nitrogen and oxygen atoms in total. The molecular weight excluding hydrogens is 364 g/mol. The lowest BCUT2D eigenvalue weighted by Gasteiger charge is -2.19. The zero-order valence-corrected chi connectivity index (χ0v) is 17.4. The Morgan fingerprint density at radius 2 is 1.55 bits per heavy atom. The molecule has 1 heterocycles. The number of hydrogen-bond donors (Lipinski definition) is 2. The summed E-state index contributed by atoms with van der Waals surface area (Å²) in [4.78, 5) is 21.3. The van der Waals surface area contributed by atoms with Crippen molar-refractivity contribution in [2.45, 2.75) is 33.1 Å². The molecule has 0 saturated carbocycles. The highest BCUT2D eigenvalue weighted by Crippen LogP contribution is 2.25. The van der Waals surface area contributed by atoms with Gasteiger partial charge >= 0.3 is 0 Å². The maximum atomic E-state index is 12.6. The van der Waals surface area contributed by atoms with Crippen LogP contribution in [0, 0.1) is 6.92 Å². The normalized spacial score (nSPS) is 11.1. The van der Waals surface area contributed by atoms with Gasteiger partial charge in [0.15, 0.2) is 0 Å². The average Bonchev–Trinajstić information content (AvgIpc) is 2.68. The standard InChI is InChI=1S/C23H26N4O2/c1-15-24-20(22(28)27-18-10-12-19(29-5)13-11-18)14-21(25-15)26-17-8-6-16(7-9-17)23(2,3)4/h6-14H,1-5H3,(H,27,28)(H,24,25,26). The number of carbonyl (C=O) groups excluding carboxylic acids is 1. The minimum Gasteiger partial charge on any atom is -0.497 e. The molecule has 0 bridgehead atoms. The first-order chi connectivity index (χ1) is 13.7. The van der Waals surface area contributed by atoms with Gasteiger partial charge in [0.05, 0.1) is 7.11 Å². The zero-order valence-electron chi connectivity index (χ0n) is 17.4. The number of amides is 1. The van der Waals surface area contributed by atoms with Gasteiger partial charge < -0.3 is 15.4 Å². The summed E-state index contributed by atoms with van der Waals surface area (Å²) in [6.45, 7) is 8.29. The lowest BCUT2D eigenvalue weighted by atomic mass is 9.87. The Morgan fingerprint density at radius 1 is 0.931 bits per heavy atom. The number of hydrogen-bond acceptors (Lipinski definition) is 5. The maximum Gasteiger partial charge on any atom is 0.274 e. The van der Waals surface area contributed by atoms with Crippen LogP contribution < -0.4 is 15.4 Å². The average molecular weight is 390 g/mol. The SMILES string of the molecule is COc1ccc(NC(=O)c2cc(Nc3ccc(C(C)(C)C)cc3)nc(C)n2)cc1. The van der Waals surface area contributed by atoms with Gasteiger partial charge in [0.25, 0.3) is 5.91 Å². The van der Waals surface area contributed by atoms with Crippen LogP contribution in [0.25, 0.3) is 0 Å². The Balaban J connectivity index is 1.75. The molecule has 0 saturated heterocycles. The van der Waals surface area contributed by atoms with E-state index in [1.165, 1.54) is 5.56 Å². The van der Waals surface area contributed by atoms with Crippen LogP contribution in [0.4, 0.5) is 17.2 Å². The van der Waals surface area contributed by atoms with E-state index in [0.29, 0.717) is 23.0 Å². The van der Waals surface area contributed by atoms with Gasteiger partial charge in [-0.15, -0.1) is 0 Å². The van der Waals surface area contributed by atoms with Crippen molar-refractivity contribution in [3.05, 3.63) is 71.7 Å². The topological polar surface area (TPSA) is 76.1 Å². The third kappa shape index (κ3) is 5.31. The molecule has 0 radical (unpaired) electrons. The van der Waals surface area contributed by atoms with Crippen molar-refractivity contribution in [2.75, 3.05) is 17.7 Å². The van der Waals surface area contributed by atoms with Gasteiger partial charge in [0, 0.05) is 17.4 Å². The number of aryl methyl sites for hydroxylation is 1. The van der Waals surface area contributed by atoms with Gasteiger partial charge in [0.2, 0.25) is 0 Å². The Hall–Kier alpha value is -3.41. The van der Waals surface area contributed by atoms with E-state index in [4.69, 9.17) is 4.74 Å². The van der Waals surface area contributed by atoms with Crippen molar-refractivity contribution in [3.8, 4) is 5.75 Å². The molecule has 0 atom stereocenters. The highest BCUT2D eigenvalue weighted by Gasteiger charge is 2.14. The maximum absolute atomic E-state index is 12.6. The van der Waals surface area contributed by atoms with Crippen molar-refractivity contribution in [2.24, 2.45) is 0 Å². The van der Waals surface area contributed by atoms with E-state index in [0.717, 1.165) is 11.4 Å². The summed E-state index contributed by atoms with van der Waals surface area (Å²) in [5, 5.41) is 6.09. The van der Waals surface area contributed by atoms with E-state index in [2.05, 4.69) is 53.5 Å². The second-order valence-corrected chi connectivity index (χ2v) is 7.82. The van der Waals surface area contributed by atoms with E-state index < -0.39 is 0 Å². The van der Waals surface area contributed by atoms with E-state index in [1.807, 2.05) is 12.1 Å². The number of nitrogens with zero attached hydrogens (tertiary/aromatic N) is 2. The Labute approximate surface area is 171 Å². The third-order valence-electron chi connectivity index (χ3n) is 4.44. The minimum absolute atomic E-state index is 0.0940. The molecule has 1 amide bonds. The van der Waals surface area contributed by atoms with Crippen LogP contribution in [0.1, 0.15) is 42.6 Å². The predicted molar refractivity (Wildman–Crippen MR) is 116 cm³/mol. The van der Waals surface area contributed by atoms with E-state index in [9.17, 15) is 4.79 Å². The molecule has 3 rings (SSSR count). The van der Waals surface area contributed by atoms with Crippen LogP contribution in [0.2, 0.25) is 0 Å². The van der Waals surface area contributed by atoms with Crippen LogP contribution in [0.15, 0.2) is 54.6 Å². The first-order valence-electron chi connectivity index (χ1n) is 9.43. The summed E-state index contributed by atoms with van der Waals surface area (Å²) in [7, 11) is 1.60. The third-order valence-corrected chi connectivity index (χ3v) is 4.44. The number of carbonyl (C=O) groups is 1. The lowest BCUT2D eigenvalue weighted by Crippen LogP contribution is -2.15. The van der Waals surface area contributed by atoms with Crippen molar-refractivity contribution in [1.29, 1.82) is 0 Å². The Bertz CT molecular complexity index is 991. The molecule has 150 valence electrons. The highest BCUT2D eigenvalue weighted by molar-refractivity contribution is 6.03. The second-order valence-electron chi connectivity index (χ2n) is 7.82. The number of nitrogens with one attached hydrogen (secondary N) is 2. The summed E-state index contributed by atoms with van der Waals surface area (Å²) in [6.07, 6.45) is 0. The van der Waals surface area contributed by atoms with Gasteiger partial charge in [-0.3, -0.25) is 4.79 Å². The predicted octanol–water partition coefficient (Wildman–Crippen LogP) is 5.09. The first-order valence-corrected chi connectivity index (χ1v) is 9.43. The zero-order chi connectivity index (χ0) is 21.0. The molecule has 2 N–H and O–H groups in total. The summed E-state index contributed by atoms with van der Waals surface area (Å²) in [5.41, 5.74) is 3.21. The summed E-state index contributed by atoms with van der Waals surface area (Å²) in [5.74, 6) is 1.51. The van der Waals surface area contributed by atoms with Crippen LogP contribution in [-0.4, -0.2) is 23.0 Å². The van der Waals surface area contributed by atoms with Gasteiger partial charge in [0.1, 0.15) is 23.1 Å². The fraction of sp³-hybridized carbons (Fsp3) is 0.261. The number of methoxy groups -OCH3 is 1. The first kappa shape index (κ1) is 20.3. The van der Waals surface area contributed by atoms with Crippen molar-refractivity contribution >= 4 is 23.1 Å². The number of ether oxygens (including phenoxy) is 1. The number of benzene rings is 2. The lowest BCUT2D eigenvalue weighted by molar-refractivity contribution is 0.102. The van der Waals surface area contributed by atoms with Crippen LogP contribution in [-0.2, 0) is 5.41 Å². The van der Waals surface area contributed by atoms with E-state index in [-0.39, 0.29) is 11.3 Å². The molecule has 2 aromatic carbocycles. The van der Waals surface area contributed by atoms with Gasteiger partial charge in [-0.25, -0.2) is 9.97 Å². The number of anilines is 3. The molecule has 29 heavy (non-hydrogen) atoms. The number of aromatic nitrogens is 2. The van der Waals surface area contributed by atoms with Gasteiger partial charge in [-0.2, -0.15) is 0 Å². The largest absolute Gasteiger partial charge is 0.497 e. The fourth-order valence-corrected chi connectivity index (χ4v) is 2.82. The summed E-state index contributed by atoms with van der Waals surface area (Å²) < 4.78 is 5.13. The minimum atomic E-state index is -0.299. The molecule has 0 unspecified atom stereocenters.